The summed E-state index contributed by atoms with van der Waals surface area (Å²) in [6.07, 6.45) is -0.134. The minimum Gasteiger partial charge on any atom is -0.488 e. The van der Waals surface area contributed by atoms with Gasteiger partial charge in [-0.1, -0.05) is 11.6 Å². The lowest BCUT2D eigenvalue weighted by Crippen LogP contribution is -2.10. The Morgan fingerprint density at radius 2 is 2.00 bits per heavy atom. The maximum atomic E-state index is 13.8. The summed E-state index contributed by atoms with van der Waals surface area (Å²) < 4.78 is 20.9. The normalized spacial score (nSPS) is 11.2. The first-order valence-electron chi connectivity index (χ1n) is 6.29. The average Bonchev–Trinajstić information content (AvgIpc) is 2.60. The van der Waals surface area contributed by atoms with Crippen LogP contribution in [0.5, 0.6) is 5.75 Å². The molecule has 0 spiro atoms. The van der Waals surface area contributed by atoms with Crippen molar-refractivity contribution in [2.24, 2.45) is 0 Å². The molecule has 1 aromatic heterocycles. The first-order valence-corrected chi connectivity index (χ1v) is 6.66. The molecule has 20 heavy (non-hydrogen) atoms. The summed E-state index contributed by atoms with van der Waals surface area (Å²) in [6, 6.07) is 2.78. The van der Waals surface area contributed by atoms with E-state index in [0.29, 0.717) is 16.4 Å². The molecule has 0 unspecified atom stereocenters. The first kappa shape index (κ1) is 14.7. The molecule has 0 saturated heterocycles. The molecule has 0 fully saturated rings. The second-order valence-corrected chi connectivity index (χ2v) is 5.28. The summed E-state index contributed by atoms with van der Waals surface area (Å²) in [4.78, 5) is 0. The number of halogens is 2. The fourth-order valence-corrected chi connectivity index (χ4v) is 2.06. The SMILES string of the molecule is Cc1nn(-c2cc(OC(C)C)c(F)cc2N)c(C)c1Cl. The highest BCUT2D eigenvalue weighted by Gasteiger charge is 2.16. The van der Waals surface area contributed by atoms with Crippen molar-refractivity contribution in [3.05, 3.63) is 34.4 Å². The highest BCUT2D eigenvalue weighted by Crippen LogP contribution is 2.30. The van der Waals surface area contributed by atoms with Crippen LogP contribution >= 0.6 is 11.6 Å². The second kappa shape index (κ2) is 5.32. The third-order valence-corrected chi connectivity index (χ3v) is 3.42. The van der Waals surface area contributed by atoms with Crippen LogP contribution in [0.25, 0.3) is 5.69 Å². The van der Waals surface area contributed by atoms with Crippen molar-refractivity contribution < 1.29 is 9.13 Å². The van der Waals surface area contributed by atoms with Gasteiger partial charge < -0.3 is 10.5 Å². The van der Waals surface area contributed by atoms with Gasteiger partial charge in [-0.05, 0) is 27.7 Å². The Kier molecular flexibility index (Phi) is 3.90. The van der Waals surface area contributed by atoms with Crippen LogP contribution in [0.1, 0.15) is 25.2 Å². The zero-order chi connectivity index (χ0) is 15.0. The molecule has 0 aliphatic rings. The Labute approximate surface area is 122 Å². The molecule has 0 saturated carbocycles. The summed E-state index contributed by atoms with van der Waals surface area (Å²) in [7, 11) is 0. The average molecular weight is 298 g/mol. The van der Waals surface area contributed by atoms with E-state index in [0.717, 1.165) is 5.69 Å². The van der Waals surface area contributed by atoms with Crippen LogP contribution in [0, 0.1) is 19.7 Å². The number of aryl methyl sites for hydroxylation is 1. The van der Waals surface area contributed by atoms with Crippen LogP contribution in [-0.4, -0.2) is 15.9 Å². The first-order chi connectivity index (χ1) is 9.31. The summed E-state index contributed by atoms with van der Waals surface area (Å²) in [5, 5.41) is 4.89. The molecule has 0 atom stereocenters. The number of nitrogens with two attached hydrogens (primary N) is 1. The number of ether oxygens (including phenoxy) is 1. The van der Waals surface area contributed by atoms with Crippen molar-refractivity contribution in [2.75, 3.05) is 5.73 Å². The number of benzene rings is 1. The van der Waals surface area contributed by atoms with Gasteiger partial charge in [-0.25, -0.2) is 9.07 Å². The van der Waals surface area contributed by atoms with Crippen LogP contribution in [-0.2, 0) is 0 Å². The molecule has 108 valence electrons. The van der Waals surface area contributed by atoms with Crippen LogP contribution in [0.2, 0.25) is 5.02 Å². The predicted octanol–water partition coefficient (Wildman–Crippen LogP) is 3.65. The minimum absolute atomic E-state index is 0.134. The molecule has 0 aliphatic heterocycles. The number of anilines is 1. The number of rotatable bonds is 3. The maximum Gasteiger partial charge on any atom is 0.167 e. The van der Waals surface area contributed by atoms with Gasteiger partial charge in [0.2, 0.25) is 0 Å². The molecule has 2 aromatic rings. The number of hydrogen-bond donors (Lipinski definition) is 1. The van der Waals surface area contributed by atoms with Gasteiger partial charge in [0.15, 0.2) is 11.6 Å². The number of aromatic nitrogens is 2. The van der Waals surface area contributed by atoms with E-state index < -0.39 is 5.82 Å². The van der Waals surface area contributed by atoms with Gasteiger partial charge in [-0.3, -0.25) is 0 Å². The van der Waals surface area contributed by atoms with Gasteiger partial charge >= 0.3 is 0 Å². The van der Waals surface area contributed by atoms with E-state index in [9.17, 15) is 4.39 Å². The molecular weight excluding hydrogens is 281 g/mol. The van der Waals surface area contributed by atoms with E-state index in [2.05, 4.69) is 5.10 Å². The molecule has 1 aromatic carbocycles. The third-order valence-electron chi connectivity index (χ3n) is 2.88. The van der Waals surface area contributed by atoms with Gasteiger partial charge in [0, 0.05) is 12.1 Å². The van der Waals surface area contributed by atoms with E-state index in [1.54, 1.807) is 17.7 Å². The third kappa shape index (κ3) is 2.58. The Morgan fingerprint density at radius 1 is 1.35 bits per heavy atom. The Balaban J connectivity index is 2.58. The van der Waals surface area contributed by atoms with Crippen molar-refractivity contribution in [1.29, 1.82) is 0 Å². The van der Waals surface area contributed by atoms with E-state index in [1.165, 1.54) is 6.07 Å². The lowest BCUT2D eigenvalue weighted by molar-refractivity contribution is 0.231. The quantitative estimate of drug-likeness (QED) is 0.880. The van der Waals surface area contributed by atoms with Gasteiger partial charge in [0.25, 0.3) is 0 Å². The van der Waals surface area contributed by atoms with Gasteiger partial charge in [-0.2, -0.15) is 5.10 Å². The Bertz CT molecular complexity index is 652. The van der Waals surface area contributed by atoms with Crippen LogP contribution in [0.4, 0.5) is 10.1 Å². The molecule has 6 heteroatoms. The molecule has 1 heterocycles. The largest absolute Gasteiger partial charge is 0.488 e. The molecule has 2 rings (SSSR count). The van der Waals surface area contributed by atoms with Crippen molar-refractivity contribution >= 4 is 17.3 Å². The number of nitrogen functional groups attached to an aromatic ring is 1. The highest BCUT2D eigenvalue weighted by molar-refractivity contribution is 6.31. The summed E-state index contributed by atoms with van der Waals surface area (Å²) >= 11 is 6.13. The lowest BCUT2D eigenvalue weighted by Gasteiger charge is -2.14. The summed E-state index contributed by atoms with van der Waals surface area (Å²) in [5.74, 6) is -0.347. The van der Waals surface area contributed by atoms with Gasteiger partial charge in [0.05, 0.1) is 33.9 Å². The second-order valence-electron chi connectivity index (χ2n) is 4.90. The Morgan fingerprint density at radius 3 is 2.50 bits per heavy atom. The van der Waals surface area contributed by atoms with Gasteiger partial charge in [-0.15, -0.1) is 0 Å². The van der Waals surface area contributed by atoms with Gasteiger partial charge in [0.1, 0.15) is 0 Å². The van der Waals surface area contributed by atoms with Crippen molar-refractivity contribution in [3.8, 4) is 11.4 Å². The van der Waals surface area contributed by atoms with E-state index in [1.807, 2.05) is 20.8 Å². The van der Waals surface area contributed by atoms with Crippen molar-refractivity contribution in [1.82, 2.24) is 9.78 Å². The molecule has 0 aliphatic carbocycles. The standard InChI is InChI=1S/C14H17ClFN3O/c1-7(2)20-13-6-12(11(17)5-10(13)16)19-9(4)14(15)8(3)18-19/h5-7H,17H2,1-4H3. The molecule has 0 radical (unpaired) electrons. The Hall–Kier alpha value is -1.75. The zero-order valence-electron chi connectivity index (χ0n) is 11.9. The number of hydrogen-bond acceptors (Lipinski definition) is 3. The molecule has 4 nitrogen and oxygen atoms in total. The smallest absolute Gasteiger partial charge is 0.167 e. The predicted molar refractivity (Wildman–Crippen MR) is 78.2 cm³/mol. The summed E-state index contributed by atoms with van der Waals surface area (Å²) in [5.41, 5.74) is 8.15. The summed E-state index contributed by atoms with van der Waals surface area (Å²) in [6.45, 7) is 7.29. The van der Waals surface area contributed by atoms with Crippen molar-refractivity contribution in [3.63, 3.8) is 0 Å². The fraction of sp³-hybridized carbons (Fsp3) is 0.357. The van der Waals surface area contributed by atoms with E-state index in [4.69, 9.17) is 22.1 Å². The van der Waals surface area contributed by atoms with Crippen molar-refractivity contribution in [2.45, 2.75) is 33.8 Å². The highest BCUT2D eigenvalue weighted by atomic mass is 35.5. The fourth-order valence-electron chi connectivity index (χ4n) is 1.94. The molecule has 0 bridgehead atoms. The number of nitrogens with zero attached hydrogens (tertiary/aromatic N) is 2. The molecule has 2 N–H and O–H groups in total. The minimum atomic E-state index is -0.493. The monoisotopic (exact) mass is 297 g/mol. The van der Waals surface area contributed by atoms with Crippen LogP contribution < -0.4 is 10.5 Å². The topological polar surface area (TPSA) is 53.1 Å². The van der Waals surface area contributed by atoms with Crippen LogP contribution in [0.15, 0.2) is 12.1 Å². The van der Waals surface area contributed by atoms with E-state index >= 15 is 0 Å². The maximum absolute atomic E-state index is 13.8. The zero-order valence-corrected chi connectivity index (χ0v) is 12.6. The molecule has 0 amide bonds. The molecular formula is C14H17ClFN3O. The van der Waals surface area contributed by atoms with Crippen LogP contribution in [0.3, 0.4) is 0 Å². The lowest BCUT2D eigenvalue weighted by atomic mass is 10.2. The van der Waals surface area contributed by atoms with E-state index in [-0.39, 0.29) is 17.5 Å².